The number of hydrogen-bond acceptors (Lipinski definition) is 5. The Hall–Kier alpha value is -4.11. The van der Waals surface area contributed by atoms with E-state index in [2.05, 4.69) is 16.6 Å². The monoisotopic (exact) mass is 399 g/mol. The van der Waals surface area contributed by atoms with Crippen LogP contribution in [0.4, 0.5) is 0 Å². The minimum Gasteiger partial charge on any atom is -0.497 e. The van der Waals surface area contributed by atoms with Crippen LogP contribution in [0.1, 0.15) is 22.3 Å². The SMILES string of the molecule is COc1ccc(CC(=O)N/N=C\c2ccc(OCc3ccccc3C#N)cc2)cc1. The zero-order valence-corrected chi connectivity index (χ0v) is 16.5. The Morgan fingerprint density at radius 3 is 2.43 bits per heavy atom. The number of carbonyl (C=O) groups excluding carboxylic acids is 1. The Morgan fingerprint density at radius 1 is 1.03 bits per heavy atom. The first-order chi connectivity index (χ1) is 14.7. The number of rotatable bonds is 8. The molecule has 3 aromatic carbocycles. The lowest BCUT2D eigenvalue weighted by Gasteiger charge is -2.07. The number of hydrogen-bond donors (Lipinski definition) is 1. The van der Waals surface area contributed by atoms with E-state index in [4.69, 9.17) is 14.7 Å². The number of nitriles is 1. The zero-order valence-electron chi connectivity index (χ0n) is 16.5. The minimum absolute atomic E-state index is 0.201. The second-order valence-electron chi connectivity index (χ2n) is 6.44. The molecule has 0 aromatic heterocycles. The Kier molecular flexibility index (Phi) is 7.17. The second kappa shape index (κ2) is 10.4. The van der Waals surface area contributed by atoms with Gasteiger partial charge in [-0.3, -0.25) is 4.79 Å². The number of ether oxygens (including phenoxy) is 2. The molecule has 150 valence electrons. The van der Waals surface area contributed by atoms with Gasteiger partial charge in [0.15, 0.2) is 0 Å². The fourth-order valence-electron chi connectivity index (χ4n) is 2.71. The lowest BCUT2D eigenvalue weighted by molar-refractivity contribution is -0.120. The van der Waals surface area contributed by atoms with E-state index in [-0.39, 0.29) is 12.3 Å². The highest BCUT2D eigenvalue weighted by Gasteiger charge is 2.03. The fourth-order valence-corrected chi connectivity index (χ4v) is 2.71. The summed E-state index contributed by atoms with van der Waals surface area (Å²) in [6.07, 6.45) is 1.80. The number of nitrogens with zero attached hydrogens (tertiary/aromatic N) is 2. The van der Waals surface area contributed by atoms with E-state index in [0.717, 1.165) is 22.4 Å². The Labute approximate surface area is 175 Å². The van der Waals surface area contributed by atoms with Crippen molar-refractivity contribution < 1.29 is 14.3 Å². The van der Waals surface area contributed by atoms with Crippen LogP contribution >= 0.6 is 0 Å². The van der Waals surface area contributed by atoms with Gasteiger partial charge in [0.1, 0.15) is 18.1 Å². The molecule has 1 amide bonds. The van der Waals surface area contributed by atoms with Crippen LogP contribution in [0.2, 0.25) is 0 Å². The molecule has 6 heteroatoms. The molecule has 0 saturated carbocycles. The van der Waals surface area contributed by atoms with E-state index in [1.807, 2.05) is 66.7 Å². The van der Waals surface area contributed by atoms with Crippen molar-refractivity contribution in [2.45, 2.75) is 13.0 Å². The molecule has 0 unspecified atom stereocenters. The quantitative estimate of drug-likeness (QED) is 0.461. The molecule has 6 nitrogen and oxygen atoms in total. The molecule has 0 aliphatic carbocycles. The van der Waals surface area contributed by atoms with Gasteiger partial charge in [0.05, 0.1) is 31.4 Å². The number of nitrogens with one attached hydrogen (secondary N) is 1. The average molecular weight is 399 g/mol. The number of amides is 1. The van der Waals surface area contributed by atoms with Crippen molar-refractivity contribution in [3.63, 3.8) is 0 Å². The third-order valence-corrected chi connectivity index (χ3v) is 4.34. The molecule has 3 aromatic rings. The van der Waals surface area contributed by atoms with Crippen molar-refractivity contribution in [2.75, 3.05) is 7.11 Å². The van der Waals surface area contributed by atoms with E-state index in [0.29, 0.717) is 17.9 Å². The maximum Gasteiger partial charge on any atom is 0.244 e. The van der Waals surface area contributed by atoms with Crippen LogP contribution in [0, 0.1) is 11.3 Å². The van der Waals surface area contributed by atoms with Crippen LogP contribution < -0.4 is 14.9 Å². The fraction of sp³-hybridized carbons (Fsp3) is 0.125. The summed E-state index contributed by atoms with van der Waals surface area (Å²) in [6.45, 7) is 0.318. The van der Waals surface area contributed by atoms with Crippen molar-refractivity contribution >= 4 is 12.1 Å². The third-order valence-electron chi connectivity index (χ3n) is 4.34. The van der Waals surface area contributed by atoms with Gasteiger partial charge in [-0.2, -0.15) is 10.4 Å². The van der Waals surface area contributed by atoms with Gasteiger partial charge < -0.3 is 9.47 Å². The molecular formula is C24H21N3O3. The standard InChI is InChI=1S/C24H21N3O3/c1-29-22-10-6-18(7-11-22)14-24(28)27-26-16-19-8-12-23(13-9-19)30-17-21-5-3-2-4-20(21)15-25/h2-13,16H,14,17H2,1H3,(H,27,28)/b26-16-. The van der Waals surface area contributed by atoms with Gasteiger partial charge >= 0.3 is 0 Å². The van der Waals surface area contributed by atoms with Crippen LogP contribution in [0.5, 0.6) is 11.5 Å². The molecule has 0 heterocycles. The topological polar surface area (TPSA) is 83.7 Å². The van der Waals surface area contributed by atoms with Crippen molar-refractivity contribution in [1.29, 1.82) is 5.26 Å². The smallest absolute Gasteiger partial charge is 0.244 e. The Bertz CT molecular complexity index is 1050. The summed E-state index contributed by atoms with van der Waals surface area (Å²) < 4.78 is 10.8. The van der Waals surface area contributed by atoms with Gasteiger partial charge in [-0.05, 0) is 53.6 Å². The summed E-state index contributed by atoms with van der Waals surface area (Å²) in [5.41, 5.74) is 5.66. The first kappa shape index (κ1) is 20.6. The second-order valence-corrected chi connectivity index (χ2v) is 6.44. The van der Waals surface area contributed by atoms with Crippen LogP contribution in [0.25, 0.3) is 0 Å². The average Bonchev–Trinajstić information content (AvgIpc) is 2.79. The predicted molar refractivity (Wildman–Crippen MR) is 114 cm³/mol. The lowest BCUT2D eigenvalue weighted by atomic mass is 10.1. The molecule has 0 radical (unpaired) electrons. The maximum atomic E-state index is 12.0. The van der Waals surface area contributed by atoms with E-state index >= 15 is 0 Å². The number of hydrazone groups is 1. The van der Waals surface area contributed by atoms with Gasteiger partial charge in [-0.1, -0.05) is 30.3 Å². The molecule has 0 atom stereocenters. The summed E-state index contributed by atoms with van der Waals surface area (Å²) in [7, 11) is 1.60. The Balaban J connectivity index is 1.48. The third kappa shape index (κ3) is 5.94. The van der Waals surface area contributed by atoms with Crippen molar-refractivity contribution in [3.05, 3.63) is 95.1 Å². The summed E-state index contributed by atoms with van der Waals surface area (Å²) in [5.74, 6) is 1.23. The van der Waals surface area contributed by atoms with Crippen LogP contribution in [0.3, 0.4) is 0 Å². The molecule has 30 heavy (non-hydrogen) atoms. The van der Waals surface area contributed by atoms with Crippen LogP contribution in [0.15, 0.2) is 77.9 Å². The van der Waals surface area contributed by atoms with E-state index < -0.39 is 0 Å². The van der Waals surface area contributed by atoms with Crippen molar-refractivity contribution in [1.82, 2.24) is 5.43 Å². The molecule has 1 N–H and O–H groups in total. The lowest BCUT2D eigenvalue weighted by Crippen LogP contribution is -2.19. The molecule has 0 bridgehead atoms. The molecule has 0 aliphatic heterocycles. The van der Waals surface area contributed by atoms with Gasteiger partial charge in [0.2, 0.25) is 5.91 Å². The van der Waals surface area contributed by atoms with E-state index in [9.17, 15) is 4.79 Å². The molecular weight excluding hydrogens is 378 g/mol. The largest absolute Gasteiger partial charge is 0.497 e. The molecule has 0 aliphatic rings. The zero-order chi connectivity index (χ0) is 21.2. The normalized spacial score (nSPS) is 10.4. The summed E-state index contributed by atoms with van der Waals surface area (Å²) in [4.78, 5) is 12.0. The number of benzene rings is 3. The molecule has 0 saturated heterocycles. The summed E-state index contributed by atoms with van der Waals surface area (Å²) in [6, 6.07) is 24.1. The molecule has 0 spiro atoms. The molecule has 3 rings (SSSR count). The Morgan fingerprint density at radius 2 is 1.73 bits per heavy atom. The van der Waals surface area contributed by atoms with Gasteiger partial charge in [-0.15, -0.1) is 0 Å². The first-order valence-corrected chi connectivity index (χ1v) is 9.33. The van der Waals surface area contributed by atoms with Crippen LogP contribution in [-0.2, 0) is 17.8 Å². The summed E-state index contributed by atoms with van der Waals surface area (Å²) >= 11 is 0. The van der Waals surface area contributed by atoms with E-state index in [1.54, 1.807) is 19.4 Å². The van der Waals surface area contributed by atoms with Gasteiger partial charge in [-0.25, -0.2) is 5.43 Å². The highest BCUT2D eigenvalue weighted by molar-refractivity contribution is 5.83. The van der Waals surface area contributed by atoms with Crippen molar-refractivity contribution in [2.24, 2.45) is 5.10 Å². The molecule has 0 fully saturated rings. The first-order valence-electron chi connectivity index (χ1n) is 9.33. The number of carbonyl (C=O) groups is 1. The van der Waals surface area contributed by atoms with Gasteiger partial charge in [0.25, 0.3) is 0 Å². The number of methoxy groups -OCH3 is 1. The maximum absolute atomic E-state index is 12.0. The van der Waals surface area contributed by atoms with Crippen LogP contribution in [-0.4, -0.2) is 19.2 Å². The summed E-state index contributed by atoms with van der Waals surface area (Å²) in [5, 5.41) is 13.1. The highest BCUT2D eigenvalue weighted by atomic mass is 16.5. The van der Waals surface area contributed by atoms with E-state index in [1.165, 1.54) is 0 Å². The van der Waals surface area contributed by atoms with Crippen molar-refractivity contribution in [3.8, 4) is 17.6 Å². The van der Waals surface area contributed by atoms with Gasteiger partial charge in [0, 0.05) is 5.56 Å². The predicted octanol–water partition coefficient (Wildman–Crippen LogP) is 3.84. The minimum atomic E-state index is -0.201. The highest BCUT2D eigenvalue weighted by Crippen LogP contribution is 2.15.